The summed E-state index contributed by atoms with van der Waals surface area (Å²) in [6.07, 6.45) is 3.13. The third-order valence-corrected chi connectivity index (χ3v) is 4.88. The molecule has 0 aromatic carbocycles. The van der Waals surface area contributed by atoms with E-state index >= 15 is 0 Å². The van der Waals surface area contributed by atoms with Gasteiger partial charge in [-0.25, -0.2) is 8.42 Å². The summed E-state index contributed by atoms with van der Waals surface area (Å²) in [5.74, 6) is 0.393. The van der Waals surface area contributed by atoms with E-state index in [-0.39, 0.29) is 17.6 Å². The Bertz CT molecular complexity index is 432. The predicted octanol–water partition coefficient (Wildman–Crippen LogP) is -0.398. The normalized spacial score (nSPS) is 25.6. The Morgan fingerprint density at radius 2 is 1.95 bits per heavy atom. The maximum atomic E-state index is 12.4. The predicted molar refractivity (Wildman–Crippen MR) is 76.3 cm³/mol. The highest BCUT2D eigenvalue weighted by Gasteiger charge is 2.30. The van der Waals surface area contributed by atoms with Crippen molar-refractivity contribution in [3.05, 3.63) is 0 Å². The minimum Gasteiger partial charge on any atom is -0.378 e. The molecule has 20 heavy (non-hydrogen) atoms. The average Bonchev–Trinajstić information content (AvgIpc) is 2.45. The summed E-state index contributed by atoms with van der Waals surface area (Å²) in [6.45, 7) is 4.71. The van der Waals surface area contributed by atoms with Gasteiger partial charge in [0.05, 0.1) is 24.9 Å². The third-order valence-electron chi connectivity index (χ3n) is 3.96. The summed E-state index contributed by atoms with van der Waals surface area (Å²) in [4.78, 5) is 16.4. The highest BCUT2D eigenvalue weighted by molar-refractivity contribution is 7.90. The molecule has 116 valence electrons. The number of hydrogen-bond acceptors (Lipinski definition) is 5. The molecule has 2 heterocycles. The highest BCUT2D eigenvalue weighted by Crippen LogP contribution is 2.19. The second-order valence-corrected chi connectivity index (χ2v) is 7.97. The number of ether oxygens (including phenoxy) is 1. The van der Waals surface area contributed by atoms with Crippen molar-refractivity contribution in [1.82, 2.24) is 9.80 Å². The van der Waals surface area contributed by atoms with Crippen molar-refractivity contribution in [3.8, 4) is 0 Å². The maximum absolute atomic E-state index is 12.4. The van der Waals surface area contributed by atoms with E-state index in [0.717, 1.165) is 19.4 Å². The molecular weight excluding hydrogens is 280 g/mol. The maximum Gasteiger partial charge on any atom is 0.227 e. The van der Waals surface area contributed by atoms with Gasteiger partial charge < -0.3 is 14.5 Å². The summed E-state index contributed by atoms with van der Waals surface area (Å²) in [6, 6.07) is 0. The number of hydrogen-bond donors (Lipinski definition) is 0. The number of piperidine rings is 1. The molecule has 0 radical (unpaired) electrons. The molecule has 0 N–H and O–H groups in total. The van der Waals surface area contributed by atoms with Gasteiger partial charge in [-0.2, -0.15) is 0 Å². The van der Waals surface area contributed by atoms with Gasteiger partial charge in [0, 0.05) is 32.4 Å². The van der Waals surface area contributed by atoms with E-state index in [2.05, 4.69) is 4.90 Å². The molecule has 0 spiro atoms. The van der Waals surface area contributed by atoms with Crippen LogP contribution in [0.15, 0.2) is 0 Å². The average molecular weight is 304 g/mol. The van der Waals surface area contributed by atoms with Crippen molar-refractivity contribution in [2.45, 2.75) is 12.8 Å². The van der Waals surface area contributed by atoms with Crippen LogP contribution in [0.1, 0.15) is 12.8 Å². The molecule has 0 bridgehead atoms. The fraction of sp³-hybridized carbons (Fsp3) is 0.923. The van der Waals surface area contributed by atoms with Gasteiger partial charge in [0.2, 0.25) is 5.91 Å². The minimum absolute atomic E-state index is 0.0152. The van der Waals surface area contributed by atoms with Crippen molar-refractivity contribution >= 4 is 15.7 Å². The van der Waals surface area contributed by atoms with Gasteiger partial charge in [0.1, 0.15) is 9.84 Å². The zero-order valence-electron chi connectivity index (χ0n) is 12.1. The van der Waals surface area contributed by atoms with Crippen molar-refractivity contribution in [2.75, 3.05) is 57.9 Å². The molecule has 2 fully saturated rings. The van der Waals surface area contributed by atoms with E-state index in [0.29, 0.717) is 39.4 Å². The van der Waals surface area contributed by atoms with Gasteiger partial charge in [-0.05, 0) is 19.4 Å². The lowest BCUT2D eigenvalue weighted by atomic mass is 9.96. The number of sulfone groups is 1. The van der Waals surface area contributed by atoms with Gasteiger partial charge in [0.15, 0.2) is 0 Å². The van der Waals surface area contributed by atoms with E-state index in [9.17, 15) is 13.2 Å². The van der Waals surface area contributed by atoms with Crippen LogP contribution in [-0.4, -0.2) is 82.1 Å². The molecule has 6 nitrogen and oxygen atoms in total. The molecule has 0 aliphatic carbocycles. The summed E-state index contributed by atoms with van der Waals surface area (Å²) in [5, 5.41) is 0. The van der Waals surface area contributed by atoms with Gasteiger partial charge >= 0.3 is 0 Å². The first-order valence-electron chi connectivity index (χ1n) is 7.22. The highest BCUT2D eigenvalue weighted by atomic mass is 32.2. The third kappa shape index (κ3) is 4.71. The number of nitrogens with zero attached hydrogens (tertiary/aromatic N) is 2. The van der Waals surface area contributed by atoms with Crippen LogP contribution in [0, 0.1) is 5.92 Å². The van der Waals surface area contributed by atoms with Crippen LogP contribution in [0.5, 0.6) is 0 Å². The molecule has 1 amide bonds. The first-order chi connectivity index (χ1) is 9.46. The monoisotopic (exact) mass is 304 g/mol. The number of carbonyl (C=O) groups excluding carboxylic acids is 1. The van der Waals surface area contributed by atoms with E-state index in [4.69, 9.17) is 4.74 Å². The van der Waals surface area contributed by atoms with Gasteiger partial charge in [-0.15, -0.1) is 0 Å². The van der Waals surface area contributed by atoms with Crippen molar-refractivity contribution in [1.29, 1.82) is 0 Å². The van der Waals surface area contributed by atoms with Gasteiger partial charge in [-0.1, -0.05) is 0 Å². The fourth-order valence-electron chi connectivity index (χ4n) is 2.80. The summed E-state index contributed by atoms with van der Waals surface area (Å²) in [5.41, 5.74) is 0. The lowest BCUT2D eigenvalue weighted by Gasteiger charge is -2.36. The molecule has 0 aromatic rings. The first-order valence-corrected chi connectivity index (χ1v) is 9.28. The second kappa shape index (κ2) is 6.87. The molecule has 1 atom stereocenters. The lowest BCUT2D eigenvalue weighted by Crippen LogP contribution is -2.48. The van der Waals surface area contributed by atoms with Crippen LogP contribution in [0.3, 0.4) is 0 Å². The van der Waals surface area contributed by atoms with E-state index in [1.54, 1.807) is 0 Å². The number of morpholine rings is 1. The molecule has 2 rings (SSSR count). The van der Waals surface area contributed by atoms with Gasteiger partial charge in [-0.3, -0.25) is 4.79 Å². The van der Waals surface area contributed by atoms with Crippen LogP contribution in [0.2, 0.25) is 0 Å². The molecule has 2 aliphatic rings. The Morgan fingerprint density at radius 1 is 1.25 bits per heavy atom. The van der Waals surface area contributed by atoms with Crippen molar-refractivity contribution in [2.24, 2.45) is 5.92 Å². The van der Waals surface area contributed by atoms with E-state index in [1.165, 1.54) is 6.26 Å². The Balaban J connectivity index is 1.84. The van der Waals surface area contributed by atoms with Crippen LogP contribution in [0.25, 0.3) is 0 Å². The zero-order valence-corrected chi connectivity index (χ0v) is 12.9. The first kappa shape index (κ1) is 15.7. The van der Waals surface area contributed by atoms with E-state index < -0.39 is 9.84 Å². The van der Waals surface area contributed by atoms with Crippen LogP contribution in [0.4, 0.5) is 0 Å². The Morgan fingerprint density at radius 3 is 2.60 bits per heavy atom. The van der Waals surface area contributed by atoms with Crippen molar-refractivity contribution < 1.29 is 17.9 Å². The molecule has 0 saturated carbocycles. The molecule has 0 unspecified atom stereocenters. The smallest absolute Gasteiger partial charge is 0.227 e. The zero-order chi connectivity index (χ0) is 14.6. The number of likely N-dealkylation sites (tertiary alicyclic amines) is 1. The molecule has 0 aromatic heterocycles. The number of rotatable bonds is 4. The standard InChI is InChI=1S/C13H24N2O4S/c1-20(17,18)10-7-14-4-2-3-12(11-14)13(16)15-5-8-19-9-6-15/h12H,2-11H2,1H3/t12-/m1/s1. The number of amides is 1. The molecule has 2 aliphatic heterocycles. The Kier molecular flexibility index (Phi) is 5.40. The molecule has 7 heteroatoms. The summed E-state index contributed by atoms with van der Waals surface area (Å²) in [7, 11) is -2.94. The number of carbonyl (C=O) groups is 1. The lowest BCUT2D eigenvalue weighted by molar-refractivity contribution is -0.141. The Hall–Kier alpha value is -0.660. The summed E-state index contributed by atoms with van der Waals surface area (Å²) >= 11 is 0. The quantitative estimate of drug-likeness (QED) is 0.707. The van der Waals surface area contributed by atoms with Crippen molar-refractivity contribution in [3.63, 3.8) is 0 Å². The minimum atomic E-state index is -2.94. The Labute approximate surface area is 121 Å². The largest absolute Gasteiger partial charge is 0.378 e. The van der Waals surface area contributed by atoms with Gasteiger partial charge in [0.25, 0.3) is 0 Å². The van der Waals surface area contributed by atoms with Crippen LogP contribution in [-0.2, 0) is 19.4 Å². The fourth-order valence-corrected chi connectivity index (χ4v) is 3.39. The topological polar surface area (TPSA) is 66.9 Å². The second-order valence-electron chi connectivity index (χ2n) is 5.71. The van der Waals surface area contributed by atoms with E-state index in [1.807, 2.05) is 4.90 Å². The van der Waals surface area contributed by atoms with Crippen LogP contribution >= 0.6 is 0 Å². The molecule has 2 saturated heterocycles. The summed E-state index contributed by atoms with van der Waals surface area (Å²) < 4.78 is 27.7. The SMILES string of the molecule is CS(=O)(=O)CCN1CCC[C@@H](C(=O)N2CCOCC2)C1. The molecular formula is C13H24N2O4S. The van der Waals surface area contributed by atoms with Crippen LogP contribution < -0.4 is 0 Å².